The van der Waals surface area contributed by atoms with E-state index in [9.17, 15) is 43.5 Å². The number of carbonyl (C=O) groups is 8. The Balaban J connectivity index is 1.29. The number of hydrogen-bond acceptors (Lipinski definition) is 11. The number of benzene rings is 2. The summed E-state index contributed by atoms with van der Waals surface area (Å²) in [4.78, 5) is 108. The first-order valence-electron chi connectivity index (χ1n) is 27.5. The van der Waals surface area contributed by atoms with Crippen LogP contribution in [0.4, 0.5) is 4.79 Å². The van der Waals surface area contributed by atoms with Crippen LogP contribution < -0.4 is 21.3 Å². The molecule has 0 unspecified atom stereocenters. The van der Waals surface area contributed by atoms with Crippen molar-refractivity contribution in [1.29, 1.82) is 0 Å². The number of carboxylic acids is 1. The summed E-state index contributed by atoms with van der Waals surface area (Å²) in [6.07, 6.45) is 5.84. The van der Waals surface area contributed by atoms with Gasteiger partial charge in [0.2, 0.25) is 17.7 Å². The number of ether oxygens (including phenoxy) is 1. The number of hydrogen-bond donors (Lipinski definition) is 5. The highest BCUT2D eigenvalue weighted by Gasteiger charge is 2.68. The van der Waals surface area contributed by atoms with Crippen LogP contribution in [0.15, 0.2) is 48.5 Å². The van der Waals surface area contributed by atoms with Crippen LogP contribution in [-0.2, 0) is 49.2 Å². The lowest BCUT2D eigenvalue weighted by Gasteiger charge is -2.64. The van der Waals surface area contributed by atoms with E-state index in [-0.39, 0.29) is 55.3 Å². The molecule has 2 bridgehead atoms. The maximum Gasteiger partial charge on any atom is 0.461 e. The fourth-order valence-corrected chi connectivity index (χ4v) is 10.9. The van der Waals surface area contributed by atoms with Crippen LogP contribution in [0.1, 0.15) is 176 Å². The molecule has 10 atom stereocenters. The van der Waals surface area contributed by atoms with E-state index in [0.29, 0.717) is 30.2 Å². The van der Waals surface area contributed by atoms with Crippen LogP contribution in [0, 0.1) is 29.1 Å². The van der Waals surface area contributed by atoms with Gasteiger partial charge in [0.1, 0.15) is 11.6 Å². The van der Waals surface area contributed by atoms with Crippen LogP contribution in [-0.4, -0.2) is 101 Å². The van der Waals surface area contributed by atoms with Crippen molar-refractivity contribution in [3.8, 4) is 11.1 Å². The topological polar surface area (TPSA) is 233 Å². The fraction of sp³-hybridized carbons (Fsp3) is 0.655. The van der Waals surface area contributed by atoms with Gasteiger partial charge in [-0.1, -0.05) is 116 Å². The lowest BCUT2D eigenvalue weighted by molar-refractivity contribution is -0.199. The van der Waals surface area contributed by atoms with Gasteiger partial charge in [-0.15, -0.1) is 0 Å². The molecule has 3 saturated carbocycles. The fourth-order valence-electron chi connectivity index (χ4n) is 10.9. The van der Waals surface area contributed by atoms with E-state index in [1.807, 2.05) is 38.1 Å². The number of rotatable bonds is 29. The van der Waals surface area contributed by atoms with E-state index in [0.717, 1.165) is 56.1 Å². The van der Waals surface area contributed by atoms with E-state index < -0.39 is 96.1 Å². The third-order valence-electron chi connectivity index (χ3n) is 15.8. The zero-order chi connectivity index (χ0) is 55.4. The Kier molecular flexibility index (Phi) is 21.4. The molecule has 1 aliphatic heterocycles. The average Bonchev–Trinajstić information content (AvgIpc) is 3.72. The van der Waals surface area contributed by atoms with Crippen molar-refractivity contribution in [2.24, 2.45) is 29.1 Å². The summed E-state index contributed by atoms with van der Waals surface area (Å²) >= 11 is 0. The molecule has 5 N–H and O–H groups in total. The summed E-state index contributed by atoms with van der Waals surface area (Å²) in [5.41, 5.74) is 2.29. The summed E-state index contributed by atoms with van der Waals surface area (Å²) in [7, 11) is -0.564. The van der Waals surface area contributed by atoms with E-state index in [1.54, 1.807) is 39.8 Å². The number of alkyl carbamates (subject to hydrolysis) is 1. The van der Waals surface area contributed by atoms with Crippen molar-refractivity contribution in [2.45, 2.75) is 207 Å². The summed E-state index contributed by atoms with van der Waals surface area (Å²) in [6.45, 7) is 20.3. The first-order valence-corrected chi connectivity index (χ1v) is 27.5. The van der Waals surface area contributed by atoms with Gasteiger partial charge in [-0.25, -0.2) is 4.79 Å². The molecule has 0 spiro atoms. The maximum atomic E-state index is 14.3. The average molecular weight is 1040 g/mol. The van der Waals surface area contributed by atoms with Gasteiger partial charge in [0.25, 0.3) is 0 Å². The Hall–Kier alpha value is -5.42. The number of Topliss-reactive ketones (excluding diaryl/α,β-unsaturated/α-hetero) is 3. The lowest BCUT2D eigenvalue weighted by atomic mass is 9.43. The van der Waals surface area contributed by atoms with Gasteiger partial charge in [0, 0.05) is 43.7 Å². The second-order valence-electron chi connectivity index (χ2n) is 23.4. The Morgan fingerprint density at radius 2 is 1.36 bits per heavy atom. The van der Waals surface area contributed by atoms with Gasteiger partial charge >= 0.3 is 19.2 Å². The molecule has 16 nitrogen and oxygen atoms in total. The number of unbranched alkanes of at least 4 members (excludes halogenated alkanes) is 3. The summed E-state index contributed by atoms with van der Waals surface area (Å²) in [5, 5.41) is 19.9. The van der Waals surface area contributed by atoms with Crippen LogP contribution in [0.25, 0.3) is 11.1 Å². The summed E-state index contributed by atoms with van der Waals surface area (Å²) in [5.74, 6) is -6.03. The highest BCUT2D eigenvalue weighted by molar-refractivity contribution is 6.47. The van der Waals surface area contributed by atoms with Crippen molar-refractivity contribution < 1.29 is 57.5 Å². The van der Waals surface area contributed by atoms with Crippen LogP contribution in [0.5, 0.6) is 0 Å². The molecule has 4 amide bonds. The first kappa shape index (κ1) is 60.4. The van der Waals surface area contributed by atoms with Crippen molar-refractivity contribution in [1.82, 2.24) is 21.3 Å². The van der Waals surface area contributed by atoms with Crippen molar-refractivity contribution in [3.63, 3.8) is 0 Å². The molecule has 17 heteroatoms. The standard InChI is InChI=1S/C58H85BN4O12/c1-12-14-16-18-44(48(66)30-36(4)59-74-50-33-43-32-49(57(43,9)10)58(50,11)75-59)62-52(68)35(3)29-47(65)45(27-28-51(67)61-37(5)54(70)71)63-53(69)42(34-60-55(72)73-56(6,7)8)31-46(64)41-25-23-40(24-26-41)39-21-19-38(20-22-39)17-15-13-2/h19-26,35-37,42-45,49-50H,12-18,27-34H2,1-11H3,(H,60,72)(H,61,67)(H,62,68)(H,63,69)(H,70,71)/t35-,36-,37-,42+,43+,44+,45+,49+,50-,58+/m1/s1. The molecule has 75 heavy (non-hydrogen) atoms. The van der Waals surface area contributed by atoms with Gasteiger partial charge in [-0.2, -0.15) is 0 Å². The molecule has 412 valence electrons. The number of carboxylic acid groups (broad SMARTS) is 1. The molecule has 0 radical (unpaired) electrons. The lowest BCUT2D eigenvalue weighted by Crippen LogP contribution is -2.65. The van der Waals surface area contributed by atoms with Gasteiger partial charge in [0.05, 0.1) is 29.7 Å². The Bertz CT molecular complexity index is 2330. The molecule has 6 rings (SSSR count). The van der Waals surface area contributed by atoms with Crippen LogP contribution in [0.2, 0.25) is 5.82 Å². The van der Waals surface area contributed by atoms with Crippen LogP contribution >= 0.6 is 0 Å². The van der Waals surface area contributed by atoms with E-state index in [1.165, 1.54) is 12.5 Å². The van der Waals surface area contributed by atoms with E-state index in [4.69, 9.17) is 14.0 Å². The Morgan fingerprint density at radius 3 is 1.96 bits per heavy atom. The minimum Gasteiger partial charge on any atom is -0.480 e. The third-order valence-corrected chi connectivity index (χ3v) is 15.8. The number of amides is 4. The SMILES string of the molecule is CCCCC[C@H](NC(=O)[C@H](C)CC(=O)[C@H](CCC(=O)N[C@H](C)C(=O)O)NC(=O)[C@H](CNC(=O)OC(C)(C)C)CC(=O)c1ccc(-c2ccc(CCCC)cc2)cc1)C(=O)C[C@@H](C)B1O[C@@H]2C[C@@H]3C[C@@H](C3(C)C)[C@]2(C)O1. The van der Waals surface area contributed by atoms with Crippen molar-refractivity contribution in [2.75, 3.05) is 6.54 Å². The molecule has 4 aliphatic rings. The highest BCUT2D eigenvalue weighted by atomic mass is 16.7. The van der Waals surface area contributed by atoms with Crippen molar-refractivity contribution in [3.05, 3.63) is 59.7 Å². The Morgan fingerprint density at radius 1 is 0.760 bits per heavy atom. The highest BCUT2D eigenvalue weighted by Crippen LogP contribution is 2.66. The molecule has 1 saturated heterocycles. The maximum absolute atomic E-state index is 14.3. The van der Waals surface area contributed by atoms with Gasteiger partial charge in [-0.3, -0.25) is 33.6 Å². The monoisotopic (exact) mass is 1040 g/mol. The third kappa shape index (κ3) is 16.5. The first-order chi connectivity index (χ1) is 35.3. The molecule has 2 aromatic carbocycles. The largest absolute Gasteiger partial charge is 0.480 e. The number of aliphatic carboxylic acids is 1. The Labute approximate surface area is 445 Å². The van der Waals surface area contributed by atoms with Gasteiger partial charge in [-0.05, 0) is 113 Å². The predicted molar refractivity (Wildman–Crippen MR) is 288 cm³/mol. The number of ketones is 3. The summed E-state index contributed by atoms with van der Waals surface area (Å²) < 4.78 is 18.5. The number of nitrogens with one attached hydrogen (secondary N) is 4. The number of carbonyl (C=O) groups excluding carboxylic acids is 7. The van der Waals surface area contributed by atoms with Crippen molar-refractivity contribution >= 4 is 54.3 Å². The zero-order valence-electron chi connectivity index (χ0n) is 46.4. The quantitative estimate of drug-likeness (QED) is 0.0292. The van der Waals surface area contributed by atoms with E-state index in [2.05, 4.69) is 61.1 Å². The second kappa shape index (κ2) is 26.6. The second-order valence-corrected chi connectivity index (χ2v) is 23.4. The molecule has 3 aliphatic carbocycles. The molecular formula is C58H85BN4O12. The minimum atomic E-state index is -1.37. The smallest absolute Gasteiger partial charge is 0.461 e. The predicted octanol–water partition coefficient (Wildman–Crippen LogP) is 9.00. The van der Waals surface area contributed by atoms with Crippen LogP contribution in [0.3, 0.4) is 0 Å². The molecule has 0 aromatic heterocycles. The summed E-state index contributed by atoms with van der Waals surface area (Å²) in [6, 6.07) is 11.8. The molecular weight excluding hydrogens is 955 g/mol. The van der Waals surface area contributed by atoms with E-state index >= 15 is 0 Å². The molecule has 2 aromatic rings. The normalized spacial score (nSPS) is 21.9. The zero-order valence-corrected chi connectivity index (χ0v) is 46.4. The van der Waals surface area contributed by atoms with Gasteiger partial charge in [0.15, 0.2) is 17.3 Å². The van der Waals surface area contributed by atoms with Gasteiger partial charge < -0.3 is 40.4 Å². The number of aryl methyl sites for hydroxylation is 1. The minimum absolute atomic E-state index is 0.0404. The molecule has 1 heterocycles. The molecule has 4 fully saturated rings.